The molecule has 0 spiro atoms. The number of aromatic nitrogens is 6. The average Bonchev–Trinajstić information content (AvgIpc) is 3.38. The Balaban J connectivity index is 1.49. The van der Waals surface area contributed by atoms with Crippen LogP contribution in [0.2, 0.25) is 5.02 Å². The van der Waals surface area contributed by atoms with Crippen LogP contribution in [0.4, 0.5) is 5.95 Å². The van der Waals surface area contributed by atoms with Crippen molar-refractivity contribution in [3.05, 3.63) is 71.2 Å². The van der Waals surface area contributed by atoms with Gasteiger partial charge in [-0.1, -0.05) is 29.8 Å². The largest absolute Gasteiger partial charge is 0.493 e. The fourth-order valence-corrected chi connectivity index (χ4v) is 3.69. The minimum Gasteiger partial charge on any atom is -0.493 e. The van der Waals surface area contributed by atoms with Crippen molar-refractivity contribution < 1.29 is 9.47 Å². The van der Waals surface area contributed by atoms with Gasteiger partial charge in [-0.15, -0.1) is 10.2 Å². The van der Waals surface area contributed by atoms with Gasteiger partial charge in [-0.25, -0.2) is 9.97 Å². The molecule has 0 bridgehead atoms. The van der Waals surface area contributed by atoms with Crippen LogP contribution in [-0.2, 0) is 6.61 Å². The fourth-order valence-electron chi connectivity index (χ4n) is 3.52. The standard InChI is InChI=1S/C23H18ClN7O2/c1-32-19-8-5-14(21-17-11-16(24)6-7-18(17)26-23(25)27-21)10-20(19)33-12-13-3-2-4-15(9-13)22-28-30-31-29-22/h2-11H,12H2,1H3,(H2,25,26,27)(H,28,29,30,31). The van der Waals surface area contributed by atoms with Crippen LogP contribution in [0, 0.1) is 0 Å². The lowest BCUT2D eigenvalue weighted by Gasteiger charge is -2.14. The predicted octanol–water partition coefficient (Wildman–Crippen LogP) is 4.30. The Morgan fingerprint density at radius 1 is 0.970 bits per heavy atom. The smallest absolute Gasteiger partial charge is 0.221 e. The van der Waals surface area contributed by atoms with Crippen LogP contribution in [0.25, 0.3) is 33.5 Å². The Bertz CT molecular complexity index is 1440. The molecule has 0 radical (unpaired) electrons. The Labute approximate surface area is 193 Å². The molecule has 33 heavy (non-hydrogen) atoms. The first kappa shape index (κ1) is 20.7. The first-order valence-electron chi connectivity index (χ1n) is 9.97. The molecule has 5 rings (SSSR count). The lowest BCUT2D eigenvalue weighted by molar-refractivity contribution is 0.284. The lowest BCUT2D eigenvalue weighted by Crippen LogP contribution is -2.00. The molecule has 2 heterocycles. The molecule has 10 heteroatoms. The normalized spacial score (nSPS) is 11.0. The number of benzene rings is 3. The molecule has 9 nitrogen and oxygen atoms in total. The van der Waals surface area contributed by atoms with E-state index < -0.39 is 0 Å². The van der Waals surface area contributed by atoms with Crippen molar-refractivity contribution in [3.8, 4) is 34.1 Å². The maximum absolute atomic E-state index is 6.22. The second kappa shape index (κ2) is 8.71. The summed E-state index contributed by atoms with van der Waals surface area (Å²) in [6.45, 7) is 0.310. The van der Waals surface area contributed by atoms with E-state index in [-0.39, 0.29) is 5.95 Å². The zero-order valence-electron chi connectivity index (χ0n) is 17.5. The molecule has 0 unspecified atom stereocenters. The Morgan fingerprint density at radius 3 is 2.70 bits per heavy atom. The summed E-state index contributed by atoms with van der Waals surface area (Å²) in [5.41, 5.74) is 9.90. The van der Waals surface area contributed by atoms with E-state index in [2.05, 4.69) is 30.6 Å². The zero-order chi connectivity index (χ0) is 22.8. The van der Waals surface area contributed by atoms with Gasteiger partial charge in [0.25, 0.3) is 0 Å². The molecule has 0 fully saturated rings. The molecule has 0 aliphatic rings. The van der Waals surface area contributed by atoms with Crippen LogP contribution in [0.3, 0.4) is 0 Å². The Hall–Kier alpha value is -4.24. The summed E-state index contributed by atoms with van der Waals surface area (Å²) in [6.07, 6.45) is 0. The third-order valence-corrected chi connectivity index (χ3v) is 5.27. The second-order valence-electron chi connectivity index (χ2n) is 7.18. The number of nitrogens with one attached hydrogen (secondary N) is 1. The SMILES string of the molecule is COc1ccc(-c2nc(N)nc3ccc(Cl)cc23)cc1OCc1cccc(-c2nn[nH]n2)c1. The van der Waals surface area contributed by atoms with Crippen LogP contribution in [0.1, 0.15) is 5.56 Å². The summed E-state index contributed by atoms with van der Waals surface area (Å²) in [7, 11) is 1.59. The number of ether oxygens (including phenoxy) is 2. The summed E-state index contributed by atoms with van der Waals surface area (Å²) < 4.78 is 11.6. The monoisotopic (exact) mass is 459 g/mol. The number of nitrogens with zero attached hydrogens (tertiary/aromatic N) is 5. The number of rotatable bonds is 6. The number of fused-ring (bicyclic) bond motifs is 1. The lowest BCUT2D eigenvalue weighted by atomic mass is 10.1. The Morgan fingerprint density at radius 2 is 1.88 bits per heavy atom. The topological polar surface area (TPSA) is 125 Å². The molecule has 0 amide bonds. The van der Waals surface area contributed by atoms with Gasteiger partial charge in [-0.05, 0) is 53.2 Å². The molecule has 0 saturated carbocycles. The maximum atomic E-state index is 6.22. The summed E-state index contributed by atoms with van der Waals surface area (Å²) in [6, 6.07) is 18.7. The van der Waals surface area contributed by atoms with Gasteiger partial charge in [0.1, 0.15) is 6.61 Å². The minimum absolute atomic E-state index is 0.177. The van der Waals surface area contributed by atoms with Crippen molar-refractivity contribution in [1.82, 2.24) is 30.6 Å². The highest BCUT2D eigenvalue weighted by Crippen LogP contribution is 2.36. The van der Waals surface area contributed by atoms with Crippen molar-refractivity contribution >= 4 is 28.5 Å². The summed E-state index contributed by atoms with van der Waals surface area (Å²) in [5, 5.41) is 15.5. The summed E-state index contributed by atoms with van der Waals surface area (Å²) in [5.74, 6) is 1.85. The number of aromatic amines is 1. The zero-order valence-corrected chi connectivity index (χ0v) is 18.2. The van der Waals surface area contributed by atoms with Crippen molar-refractivity contribution in [1.29, 1.82) is 0 Å². The third kappa shape index (κ3) is 4.26. The van der Waals surface area contributed by atoms with Crippen molar-refractivity contribution in [2.45, 2.75) is 6.61 Å². The van der Waals surface area contributed by atoms with E-state index in [0.717, 1.165) is 22.1 Å². The third-order valence-electron chi connectivity index (χ3n) is 5.04. The van der Waals surface area contributed by atoms with E-state index in [4.69, 9.17) is 26.8 Å². The highest BCUT2D eigenvalue weighted by atomic mass is 35.5. The molecule has 5 aromatic rings. The fraction of sp³-hybridized carbons (Fsp3) is 0.0870. The second-order valence-corrected chi connectivity index (χ2v) is 7.62. The predicted molar refractivity (Wildman–Crippen MR) is 125 cm³/mol. The van der Waals surface area contributed by atoms with Crippen LogP contribution >= 0.6 is 11.6 Å². The van der Waals surface area contributed by atoms with Crippen molar-refractivity contribution in [2.75, 3.05) is 12.8 Å². The van der Waals surface area contributed by atoms with Crippen LogP contribution in [0.5, 0.6) is 11.5 Å². The van der Waals surface area contributed by atoms with Gasteiger partial charge in [0.15, 0.2) is 11.5 Å². The van der Waals surface area contributed by atoms with E-state index in [1.54, 1.807) is 13.2 Å². The number of H-pyrrole nitrogens is 1. The van der Waals surface area contributed by atoms with Gasteiger partial charge in [0.05, 0.1) is 18.3 Å². The molecule has 164 valence electrons. The Kier molecular flexibility index (Phi) is 5.45. The van der Waals surface area contributed by atoms with Gasteiger partial charge >= 0.3 is 0 Å². The summed E-state index contributed by atoms with van der Waals surface area (Å²) in [4.78, 5) is 8.76. The molecule has 0 atom stereocenters. The molecule has 0 aliphatic carbocycles. The number of halogens is 1. The van der Waals surface area contributed by atoms with E-state index in [0.29, 0.717) is 40.2 Å². The minimum atomic E-state index is 0.177. The quantitative estimate of drug-likeness (QED) is 0.385. The van der Waals surface area contributed by atoms with Gasteiger partial charge in [0, 0.05) is 21.5 Å². The molecular weight excluding hydrogens is 442 g/mol. The van der Waals surface area contributed by atoms with Gasteiger partial charge in [-0.3, -0.25) is 0 Å². The van der Waals surface area contributed by atoms with Crippen LogP contribution < -0.4 is 15.2 Å². The van der Waals surface area contributed by atoms with Gasteiger partial charge < -0.3 is 15.2 Å². The molecule has 0 saturated heterocycles. The molecule has 0 aliphatic heterocycles. The molecule has 3 aromatic carbocycles. The number of hydrogen-bond donors (Lipinski definition) is 2. The molecular formula is C23H18ClN7O2. The highest BCUT2D eigenvalue weighted by molar-refractivity contribution is 6.31. The van der Waals surface area contributed by atoms with Crippen molar-refractivity contribution in [2.24, 2.45) is 0 Å². The first-order valence-corrected chi connectivity index (χ1v) is 10.4. The average molecular weight is 460 g/mol. The molecule has 3 N–H and O–H groups in total. The number of hydrogen-bond acceptors (Lipinski definition) is 8. The van der Waals surface area contributed by atoms with E-state index in [9.17, 15) is 0 Å². The number of nitrogens with two attached hydrogens (primary N) is 1. The number of methoxy groups -OCH3 is 1. The summed E-state index contributed by atoms with van der Waals surface area (Å²) >= 11 is 6.22. The van der Waals surface area contributed by atoms with E-state index in [1.165, 1.54) is 0 Å². The van der Waals surface area contributed by atoms with E-state index in [1.807, 2.05) is 54.6 Å². The van der Waals surface area contributed by atoms with Crippen LogP contribution in [0.15, 0.2) is 60.7 Å². The maximum Gasteiger partial charge on any atom is 0.221 e. The molecule has 2 aromatic heterocycles. The van der Waals surface area contributed by atoms with E-state index >= 15 is 0 Å². The first-order chi connectivity index (χ1) is 16.1. The van der Waals surface area contributed by atoms with Gasteiger partial charge in [-0.2, -0.15) is 5.21 Å². The highest BCUT2D eigenvalue weighted by Gasteiger charge is 2.14. The van der Waals surface area contributed by atoms with Crippen LogP contribution in [-0.4, -0.2) is 37.7 Å². The number of anilines is 1. The number of tetrazole rings is 1. The van der Waals surface area contributed by atoms with Gasteiger partial charge in [0.2, 0.25) is 11.8 Å². The van der Waals surface area contributed by atoms with Crippen molar-refractivity contribution in [3.63, 3.8) is 0 Å². The number of nitrogen functional groups attached to an aromatic ring is 1.